The Labute approximate surface area is 226 Å². The zero-order chi connectivity index (χ0) is 26.6. The molecule has 0 fully saturated rings. The number of aromatic nitrogens is 2. The maximum atomic E-state index is 13.7. The summed E-state index contributed by atoms with van der Waals surface area (Å²) in [5.41, 5.74) is 6.04. The molecule has 5 rings (SSSR count). The van der Waals surface area contributed by atoms with Crippen LogP contribution >= 0.6 is 11.6 Å². The molecular weight excluding hydrogens is 494 g/mol. The fraction of sp³-hybridized carbons (Fsp3) is 0.0938. The fourth-order valence-corrected chi connectivity index (χ4v) is 4.64. The van der Waals surface area contributed by atoms with Crippen LogP contribution in [0.15, 0.2) is 103 Å². The summed E-state index contributed by atoms with van der Waals surface area (Å²) in [7, 11) is 1.92. The van der Waals surface area contributed by atoms with Gasteiger partial charge in [0.1, 0.15) is 0 Å². The highest BCUT2D eigenvalue weighted by atomic mass is 35.5. The number of rotatable bonds is 7. The van der Waals surface area contributed by atoms with Gasteiger partial charge >= 0.3 is 0 Å². The van der Waals surface area contributed by atoms with Crippen molar-refractivity contribution in [2.45, 2.75) is 13.5 Å². The first-order chi connectivity index (χ1) is 18.4. The summed E-state index contributed by atoms with van der Waals surface area (Å²) in [6.07, 6.45) is 5.11. The first-order valence-electron chi connectivity index (χ1n) is 12.3. The molecule has 0 aliphatic rings. The zero-order valence-electron chi connectivity index (χ0n) is 21.1. The monoisotopic (exact) mass is 519 g/mol. The number of hydrogen-bond donors (Lipinski definition) is 0. The van der Waals surface area contributed by atoms with Crippen LogP contribution in [-0.4, -0.2) is 21.5 Å². The average molecular weight is 520 g/mol. The highest BCUT2D eigenvalue weighted by molar-refractivity contribution is 6.31. The van der Waals surface area contributed by atoms with Gasteiger partial charge in [-0.25, -0.2) is 0 Å². The second-order valence-corrected chi connectivity index (χ2v) is 9.55. The molecular formula is C32H26ClN3O2. The highest BCUT2D eigenvalue weighted by Gasteiger charge is 2.20. The Morgan fingerprint density at radius 2 is 1.68 bits per heavy atom. The molecule has 0 atom stereocenters. The average Bonchev–Trinajstić information content (AvgIpc) is 3.31. The van der Waals surface area contributed by atoms with Gasteiger partial charge in [-0.3, -0.25) is 14.3 Å². The van der Waals surface area contributed by atoms with Crippen LogP contribution in [0.2, 0.25) is 5.02 Å². The molecule has 5 nitrogen and oxygen atoms in total. The molecule has 0 saturated heterocycles. The van der Waals surface area contributed by atoms with Gasteiger partial charge in [0.2, 0.25) is 0 Å². The van der Waals surface area contributed by atoms with Gasteiger partial charge in [0.25, 0.3) is 5.91 Å². The number of allylic oxidation sites excluding steroid dienone is 1. The molecule has 0 aliphatic carbocycles. The molecule has 0 radical (unpaired) electrons. The summed E-state index contributed by atoms with van der Waals surface area (Å²) >= 11 is 6.80. The van der Waals surface area contributed by atoms with Crippen LogP contribution in [0, 0.1) is 0 Å². The van der Waals surface area contributed by atoms with Crippen LogP contribution < -0.4 is 4.90 Å². The lowest BCUT2D eigenvalue weighted by Crippen LogP contribution is -2.30. The van der Waals surface area contributed by atoms with Crippen LogP contribution in [0.4, 0.5) is 5.69 Å². The number of halogens is 1. The Bertz CT molecular complexity index is 1670. The van der Waals surface area contributed by atoms with Crippen molar-refractivity contribution in [2.75, 3.05) is 4.90 Å². The minimum atomic E-state index is -0.138. The van der Waals surface area contributed by atoms with Crippen LogP contribution in [0.25, 0.3) is 28.1 Å². The Balaban J connectivity index is 1.49. The van der Waals surface area contributed by atoms with Gasteiger partial charge in [-0.2, -0.15) is 5.10 Å². The predicted molar refractivity (Wildman–Crippen MR) is 154 cm³/mol. The lowest BCUT2D eigenvalue weighted by molar-refractivity contribution is -0.112. The molecule has 188 valence electrons. The Morgan fingerprint density at radius 1 is 0.921 bits per heavy atom. The van der Waals surface area contributed by atoms with Crippen molar-refractivity contribution in [2.24, 2.45) is 7.05 Å². The number of amides is 1. The Kier molecular flexibility index (Phi) is 7.20. The van der Waals surface area contributed by atoms with Crippen molar-refractivity contribution in [1.82, 2.24) is 9.78 Å². The number of carbonyl (C=O) groups is 2. The molecule has 6 heteroatoms. The molecule has 0 N–H and O–H groups in total. The zero-order valence-corrected chi connectivity index (χ0v) is 21.9. The van der Waals surface area contributed by atoms with Gasteiger partial charge in [-0.05, 0) is 77.7 Å². The molecule has 0 aliphatic heterocycles. The van der Waals surface area contributed by atoms with Crippen LogP contribution in [0.3, 0.4) is 0 Å². The molecule has 1 heterocycles. The van der Waals surface area contributed by atoms with Crippen molar-refractivity contribution in [1.29, 1.82) is 0 Å². The van der Waals surface area contributed by atoms with Gasteiger partial charge in [-0.1, -0.05) is 66.2 Å². The number of aryl methyl sites for hydroxylation is 1. The van der Waals surface area contributed by atoms with E-state index in [2.05, 4.69) is 17.2 Å². The van der Waals surface area contributed by atoms with Gasteiger partial charge < -0.3 is 4.90 Å². The summed E-state index contributed by atoms with van der Waals surface area (Å²) in [5, 5.41) is 5.96. The first-order valence-corrected chi connectivity index (χ1v) is 12.6. The SMILES string of the molecule is CC(=O)/C=C/c1cccc(N(Cc2ccc(-c3ccc4c(cnn4C)c3)cc2Cl)C(=O)c2ccccc2)c1. The minimum Gasteiger partial charge on any atom is -0.304 e. The van der Waals surface area contributed by atoms with Crippen molar-refractivity contribution in [3.8, 4) is 11.1 Å². The summed E-state index contributed by atoms with van der Waals surface area (Å²) in [6, 6.07) is 28.9. The number of nitrogens with zero attached hydrogens (tertiary/aromatic N) is 3. The van der Waals surface area contributed by atoms with Crippen LogP contribution in [0.5, 0.6) is 0 Å². The number of benzene rings is 4. The van der Waals surface area contributed by atoms with E-state index in [4.69, 9.17) is 11.6 Å². The smallest absolute Gasteiger partial charge is 0.258 e. The van der Waals surface area contributed by atoms with Gasteiger partial charge in [0, 0.05) is 28.7 Å². The summed E-state index contributed by atoms with van der Waals surface area (Å²) < 4.78 is 1.85. The molecule has 1 amide bonds. The van der Waals surface area contributed by atoms with E-state index in [0.717, 1.165) is 33.2 Å². The second-order valence-electron chi connectivity index (χ2n) is 9.14. The highest BCUT2D eigenvalue weighted by Crippen LogP contribution is 2.30. The molecule has 0 spiro atoms. The third-order valence-electron chi connectivity index (χ3n) is 6.42. The topological polar surface area (TPSA) is 55.2 Å². The maximum Gasteiger partial charge on any atom is 0.258 e. The van der Waals surface area contributed by atoms with E-state index in [1.165, 1.54) is 13.0 Å². The van der Waals surface area contributed by atoms with Crippen molar-refractivity contribution in [3.05, 3.63) is 125 Å². The molecule has 1 aromatic heterocycles. The number of fused-ring (bicyclic) bond motifs is 1. The van der Waals surface area contributed by atoms with E-state index in [1.54, 1.807) is 23.1 Å². The summed E-state index contributed by atoms with van der Waals surface area (Å²) in [4.78, 5) is 26.8. The first kappa shape index (κ1) is 25.2. The van der Waals surface area contributed by atoms with E-state index in [1.807, 2.05) is 84.7 Å². The Morgan fingerprint density at radius 3 is 2.45 bits per heavy atom. The number of anilines is 1. The third kappa shape index (κ3) is 5.43. The normalized spacial score (nSPS) is 11.2. The van der Waals surface area contributed by atoms with Gasteiger partial charge in [-0.15, -0.1) is 0 Å². The minimum absolute atomic E-state index is 0.0397. The predicted octanol–water partition coefficient (Wildman–Crippen LogP) is 7.34. The molecule has 0 bridgehead atoms. The summed E-state index contributed by atoms with van der Waals surface area (Å²) in [5.74, 6) is -0.178. The van der Waals surface area contributed by atoms with Crippen molar-refractivity contribution < 1.29 is 9.59 Å². The second kappa shape index (κ2) is 10.9. The largest absolute Gasteiger partial charge is 0.304 e. The summed E-state index contributed by atoms with van der Waals surface area (Å²) in [6.45, 7) is 1.79. The maximum absolute atomic E-state index is 13.7. The van der Waals surface area contributed by atoms with E-state index >= 15 is 0 Å². The van der Waals surface area contributed by atoms with Crippen molar-refractivity contribution in [3.63, 3.8) is 0 Å². The molecule has 4 aromatic carbocycles. The van der Waals surface area contributed by atoms with Crippen molar-refractivity contribution >= 4 is 46.0 Å². The van der Waals surface area contributed by atoms with E-state index in [-0.39, 0.29) is 18.2 Å². The van der Waals surface area contributed by atoms with Gasteiger partial charge in [0.05, 0.1) is 18.3 Å². The van der Waals surface area contributed by atoms with Crippen LogP contribution in [0.1, 0.15) is 28.4 Å². The van der Waals surface area contributed by atoms with E-state index in [9.17, 15) is 9.59 Å². The lowest BCUT2D eigenvalue weighted by atomic mass is 10.0. The number of ketones is 1. The Hall–Kier alpha value is -4.48. The quantitative estimate of drug-likeness (QED) is 0.211. The molecule has 38 heavy (non-hydrogen) atoms. The lowest BCUT2D eigenvalue weighted by Gasteiger charge is -2.24. The number of hydrogen-bond acceptors (Lipinski definition) is 3. The van der Waals surface area contributed by atoms with Gasteiger partial charge in [0.15, 0.2) is 5.78 Å². The van der Waals surface area contributed by atoms with E-state index in [0.29, 0.717) is 16.3 Å². The van der Waals surface area contributed by atoms with E-state index < -0.39 is 0 Å². The molecule has 0 unspecified atom stereocenters. The number of carbonyl (C=O) groups excluding carboxylic acids is 2. The fourth-order valence-electron chi connectivity index (χ4n) is 4.40. The molecule has 0 saturated carbocycles. The van der Waals surface area contributed by atoms with Crippen LogP contribution in [-0.2, 0) is 18.4 Å². The standard InChI is InChI=1S/C32H26ClN3O2/c1-22(37)11-12-23-7-6-10-29(17-23)36(32(38)24-8-4-3-5-9-24)21-27-14-13-26(19-30(27)33)25-15-16-31-28(18-25)20-34-35(31)2/h3-20H,21H2,1-2H3/b12-11+. The molecule has 5 aromatic rings. The third-order valence-corrected chi connectivity index (χ3v) is 6.77.